The number of nitrogens with zero attached hydrogens (tertiary/aromatic N) is 3. The Hall–Kier alpha value is -3.95. The van der Waals surface area contributed by atoms with E-state index >= 15 is 0 Å². The second-order valence-electron chi connectivity index (χ2n) is 12.3. The number of hydrogen-bond donors (Lipinski definition) is 1. The van der Waals surface area contributed by atoms with Crippen molar-refractivity contribution in [3.8, 4) is 11.5 Å². The Morgan fingerprint density at radius 3 is 2.15 bits per heavy atom. The molecule has 246 valence electrons. The fourth-order valence-electron chi connectivity index (χ4n) is 5.23. The summed E-state index contributed by atoms with van der Waals surface area (Å²) in [6, 6.07) is 20.2. The Kier molecular flexibility index (Phi) is 11.8. The van der Waals surface area contributed by atoms with Gasteiger partial charge in [0, 0.05) is 42.8 Å². The summed E-state index contributed by atoms with van der Waals surface area (Å²) >= 11 is 12.5. The lowest BCUT2D eigenvalue weighted by atomic mass is 10.1. The van der Waals surface area contributed by atoms with Gasteiger partial charge in [0.2, 0.25) is 11.8 Å². The molecule has 0 saturated carbocycles. The number of hydrogen-bond acceptors (Lipinski definition) is 6. The van der Waals surface area contributed by atoms with Crippen LogP contribution in [0.1, 0.15) is 38.8 Å². The molecule has 1 aliphatic carbocycles. The molecule has 3 aromatic rings. The Morgan fingerprint density at radius 2 is 1.54 bits per heavy atom. The predicted octanol–water partition coefficient (Wildman–Crippen LogP) is 6.59. The van der Waals surface area contributed by atoms with Gasteiger partial charge in [-0.2, -0.15) is 0 Å². The number of benzene rings is 3. The molecule has 0 aromatic heterocycles. The summed E-state index contributed by atoms with van der Waals surface area (Å²) in [5, 5.41) is 3.87. The van der Waals surface area contributed by atoms with E-state index in [4.69, 9.17) is 32.7 Å². The molecule has 9 nitrogen and oxygen atoms in total. The third-order valence-electron chi connectivity index (χ3n) is 7.67. The van der Waals surface area contributed by atoms with Crippen molar-refractivity contribution in [3.05, 3.63) is 87.9 Å². The van der Waals surface area contributed by atoms with Gasteiger partial charge >= 0.3 is 6.09 Å². The SMILES string of the molecule is CCN(CCNC(=O)CN(CC(=O)N(C)C1Cc2ccccc2C1)c1cc(Cl)ccc1Oc1ccc(Cl)cc1)C(=O)OC(C)(C)C. The van der Waals surface area contributed by atoms with E-state index in [2.05, 4.69) is 17.4 Å². The fraction of sp³-hybridized carbons (Fsp3) is 0.400. The molecule has 11 heteroatoms. The van der Waals surface area contributed by atoms with E-state index < -0.39 is 11.7 Å². The van der Waals surface area contributed by atoms with Gasteiger partial charge in [0.25, 0.3) is 0 Å². The van der Waals surface area contributed by atoms with Crippen LogP contribution in [0.5, 0.6) is 11.5 Å². The van der Waals surface area contributed by atoms with E-state index in [1.165, 1.54) is 16.0 Å². The van der Waals surface area contributed by atoms with Crippen LogP contribution in [0.2, 0.25) is 10.0 Å². The summed E-state index contributed by atoms with van der Waals surface area (Å²) in [6.07, 6.45) is 1.09. The van der Waals surface area contributed by atoms with Crippen LogP contribution in [0.25, 0.3) is 0 Å². The van der Waals surface area contributed by atoms with Crippen LogP contribution in [-0.4, -0.2) is 79.1 Å². The Morgan fingerprint density at radius 1 is 0.913 bits per heavy atom. The standard InChI is InChI=1S/C35H42Cl2N4O5/c1-6-40(34(44)46-35(2,3)4)18-17-38-32(42)22-41(23-33(43)39(5)28-19-24-9-7-8-10-25(24)20-28)30-21-27(37)13-16-31(30)45-29-14-11-26(36)12-15-29/h7-16,21,28H,6,17-20,22-23H2,1-5H3,(H,38,42). The van der Waals surface area contributed by atoms with Crippen LogP contribution < -0.4 is 15.0 Å². The van der Waals surface area contributed by atoms with Crippen LogP contribution in [-0.2, 0) is 27.2 Å². The minimum atomic E-state index is -0.627. The monoisotopic (exact) mass is 668 g/mol. The molecule has 0 aliphatic heterocycles. The highest BCUT2D eigenvalue weighted by molar-refractivity contribution is 6.31. The van der Waals surface area contributed by atoms with E-state index in [1.54, 1.807) is 80.1 Å². The third-order valence-corrected chi connectivity index (χ3v) is 8.16. The molecule has 1 N–H and O–H groups in total. The van der Waals surface area contributed by atoms with Crippen molar-refractivity contribution < 1.29 is 23.9 Å². The van der Waals surface area contributed by atoms with Crippen LogP contribution >= 0.6 is 23.2 Å². The maximum absolute atomic E-state index is 13.8. The van der Waals surface area contributed by atoms with E-state index in [9.17, 15) is 14.4 Å². The summed E-state index contributed by atoms with van der Waals surface area (Å²) in [4.78, 5) is 44.6. The zero-order chi connectivity index (χ0) is 33.4. The number of nitrogens with one attached hydrogen (secondary N) is 1. The number of anilines is 1. The molecule has 0 unspecified atom stereocenters. The zero-order valence-electron chi connectivity index (χ0n) is 27.0. The highest BCUT2D eigenvalue weighted by Crippen LogP contribution is 2.35. The minimum absolute atomic E-state index is 0.0117. The zero-order valence-corrected chi connectivity index (χ0v) is 28.5. The summed E-state index contributed by atoms with van der Waals surface area (Å²) in [5.41, 5.74) is 2.34. The van der Waals surface area contributed by atoms with Crippen LogP contribution in [0.3, 0.4) is 0 Å². The second kappa shape index (κ2) is 15.6. The molecule has 0 heterocycles. The quantitative estimate of drug-likeness (QED) is 0.234. The normalized spacial score (nSPS) is 12.7. The number of carbonyl (C=O) groups excluding carboxylic acids is 3. The molecule has 46 heavy (non-hydrogen) atoms. The number of carbonyl (C=O) groups is 3. The number of likely N-dealkylation sites (N-methyl/N-ethyl adjacent to an activating group) is 2. The summed E-state index contributed by atoms with van der Waals surface area (Å²) in [6.45, 7) is 7.92. The van der Waals surface area contributed by atoms with Crippen LogP contribution in [0.15, 0.2) is 66.7 Å². The summed E-state index contributed by atoms with van der Waals surface area (Å²) in [5.74, 6) is 0.475. The van der Waals surface area contributed by atoms with Gasteiger partial charge in [-0.3, -0.25) is 9.59 Å². The van der Waals surface area contributed by atoms with Gasteiger partial charge in [-0.15, -0.1) is 0 Å². The average molecular weight is 670 g/mol. The Labute approximate surface area is 281 Å². The first kappa shape index (κ1) is 34.9. The molecule has 0 spiro atoms. The second-order valence-corrected chi connectivity index (χ2v) is 13.1. The maximum Gasteiger partial charge on any atom is 0.410 e. The van der Waals surface area contributed by atoms with Gasteiger partial charge in [0.05, 0.1) is 18.8 Å². The molecule has 0 radical (unpaired) electrons. The van der Waals surface area contributed by atoms with Crippen LogP contribution in [0.4, 0.5) is 10.5 Å². The smallest absolute Gasteiger partial charge is 0.410 e. The molecule has 0 saturated heterocycles. The van der Waals surface area contributed by atoms with Gasteiger partial charge in [0.15, 0.2) is 5.75 Å². The minimum Gasteiger partial charge on any atom is -0.455 e. The number of fused-ring (bicyclic) bond motifs is 1. The van der Waals surface area contributed by atoms with E-state index in [0.29, 0.717) is 33.8 Å². The van der Waals surface area contributed by atoms with Gasteiger partial charge in [-0.25, -0.2) is 4.79 Å². The molecule has 0 atom stereocenters. The van der Waals surface area contributed by atoms with Crippen molar-refractivity contribution in [1.29, 1.82) is 0 Å². The Balaban J connectivity index is 1.51. The number of halogens is 2. The lowest BCUT2D eigenvalue weighted by Gasteiger charge is -2.30. The predicted molar refractivity (Wildman–Crippen MR) is 182 cm³/mol. The van der Waals surface area contributed by atoms with Crippen molar-refractivity contribution in [2.45, 2.75) is 52.2 Å². The molecule has 0 bridgehead atoms. The first-order valence-electron chi connectivity index (χ1n) is 15.4. The highest BCUT2D eigenvalue weighted by atomic mass is 35.5. The van der Waals surface area contributed by atoms with Crippen molar-refractivity contribution in [3.63, 3.8) is 0 Å². The highest BCUT2D eigenvalue weighted by Gasteiger charge is 2.29. The van der Waals surface area contributed by atoms with Crippen molar-refractivity contribution in [1.82, 2.24) is 15.1 Å². The van der Waals surface area contributed by atoms with Gasteiger partial charge in [-0.1, -0.05) is 47.5 Å². The largest absolute Gasteiger partial charge is 0.455 e. The molecule has 0 fully saturated rings. The van der Waals surface area contributed by atoms with Crippen molar-refractivity contribution in [2.24, 2.45) is 0 Å². The summed E-state index contributed by atoms with van der Waals surface area (Å²) in [7, 11) is 1.80. The number of amides is 3. The van der Waals surface area contributed by atoms with Gasteiger partial charge in [0.1, 0.15) is 11.4 Å². The first-order chi connectivity index (χ1) is 21.8. The molecular weight excluding hydrogens is 627 g/mol. The van der Waals surface area contributed by atoms with Crippen molar-refractivity contribution in [2.75, 3.05) is 44.7 Å². The van der Waals surface area contributed by atoms with Gasteiger partial charge in [-0.05, 0) is 94.1 Å². The molecule has 3 amide bonds. The van der Waals surface area contributed by atoms with Crippen LogP contribution in [0, 0.1) is 0 Å². The third kappa shape index (κ3) is 9.77. The summed E-state index contributed by atoms with van der Waals surface area (Å²) < 4.78 is 11.7. The molecule has 3 aromatic carbocycles. The fourth-order valence-corrected chi connectivity index (χ4v) is 5.52. The van der Waals surface area contributed by atoms with E-state index in [0.717, 1.165) is 12.8 Å². The lowest BCUT2D eigenvalue weighted by Crippen LogP contribution is -2.47. The van der Waals surface area contributed by atoms with E-state index in [-0.39, 0.29) is 44.0 Å². The van der Waals surface area contributed by atoms with E-state index in [1.807, 2.05) is 19.1 Å². The topological polar surface area (TPSA) is 91.4 Å². The van der Waals surface area contributed by atoms with Crippen molar-refractivity contribution >= 4 is 46.8 Å². The maximum atomic E-state index is 13.8. The number of ether oxygens (including phenoxy) is 2. The molecule has 4 rings (SSSR count). The molecular formula is C35H42Cl2N4O5. The average Bonchev–Trinajstić information content (AvgIpc) is 3.44. The Bertz CT molecular complexity index is 1500. The lowest BCUT2D eigenvalue weighted by molar-refractivity contribution is -0.130. The molecule has 1 aliphatic rings. The van der Waals surface area contributed by atoms with Gasteiger partial charge < -0.3 is 29.5 Å². The first-order valence-corrected chi connectivity index (χ1v) is 16.1. The number of rotatable bonds is 12.